The van der Waals surface area contributed by atoms with Crippen LogP contribution in [-0.4, -0.2) is 50.2 Å². The van der Waals surface area contributed by atoms with Gasteiger partial charge in [-0.05, 0) is 31.2 Å². The number of nitrogens with zero attached hydrogens (tertiary/aromatic N) is 1. The lowest BCUT2D eigenvalue weighted by Gasteiger charge is -2.11. The van der Waals surface area contributed by atoms with E-state index >= 15 is 0 Å². The molecule has 0 aliphatic heterocycles. The molecule has 1 amide bonds. The highest BCUT2D eigenvalue weighted by Gasteiger charge is 2.26. The third-order valence-electron chi connectivity index (χ3n) is 3.93. The van der Waals surface area contributed by atoms with Gasteiger partial charge < -0.3 is 24.3 Å². The number of nitro benzene ring substituents is 1. The van der Waals surface area contributed by atoms with E-state index in [0.717, 1.165) is 12.1 Å². The predicted molar refractivity (Wildman–Crippen MR) is 108 cm³/mol. The average molecular weight is 432 g/mol. The van der Waals surface area contributed by atoms with Crippen LogP contribution in [0.5, 0.6) is 11.5 Å². The number of nitro groups is 1. The van der Waals surface area contributed by atoms with Gasteiger partial charge in [0.1, 0.15) is 5.56 Å². The summed E-state index contributed by atoms with van der Waals surface area (Å²) in [6.45, 7) is 1.23. The van der Waals surface area contributed by atoms with Crippen molar-refractivity contribution in [1.82, 2.24) is 0 Å². The second kappa shape index (κ2) is 10.6. The third-order valence-corrected chi connectivity index (χ3v) is 3.93. The molecule has 11 nitrogen and oxygen atoms in total. The Balaban J connectivity index is 2.04. The smallest absolute Gasteiger partial charge is 0.345 e. The van der Waals surface area contributed by atoms with Crippen LogP contribution < -0.4 is 14.8 Å². The molecule has 0 aromatic heterocycles. The summed E-state index contributed by atoms with van der Waals surface area (Å²) in [6.07, 6.45) is 0. The number of methoxy groups -OCH3 is 2. The van der Waals surface area contributed by atoms with Crippen molar-refractivity contribution in [2.45, 2.75) is 6.92 Å². The molecule has 0 saturated heterocycles. The Morgan fingerprint density at radius 3 is 2.13 bits per heavy atom. The first-order valence-corrected chi connectivity index (χ1v) is 8.95. The van der Waals surface area contributed by atoms with Gasteiger partial charge in [0.15, 0.2) is 18.1 Å². The van der Waals surface area contributed by atoms with E-state index in [4.69, 9.17) is 18.9 Å². The Labute approximate surface area is 177 Å². The fourth-order valence-electron chi connectivity index (χ4n) is 2.49. The number of ether oxygens (including phenoxy) is 4. The van der Waals surface area contributed by atoms with Gasteiger partial charge >= 0.3 is 11.9 Å². The average Bonchev–Trinajstić information content (AvgIpc) is 2.77. The van der Waals surface area contributed by atoms with Crippen molar-refractivity contribution >= 4 is 29.2 Å². The van der Waals surface area contributed by atoms with E-state index < -0.39 is 40.6 Å². The molecule has 164 valence electrons. The number of nitrogens with one attached hydrogen (secondary N) is 1. The fourth-order valence-corrected chi connectivity index (χ4v) is 2.49. The van der Waals surface area contributed by atoms with E-state index in [1.54, 1.807) is 6.92 Å². The van der Waals surface area contributed by atoms with E-state index in [1.807, 2.05) is 0 Å². The van der Waals surface area contributed by atoms with Crippen LogP contribution in [0.3, 0.4) is 0 Å². The number of esters is 2. The fraction of sp³-hybridized carbons (Fsp3) is 0.250. The number of hydrogen-bond donors (Lipinski definition) is 1. The van der Waals surface area contributed by atoms with Crippen molar-refractivity contribution in [3.63, 3.8) is 0 Å². The van der Waals surface area contributed by atoms with Crippen LogP contribution in [0.25, 0.3) is 0 Å². The van der Waals surface area contributed by atoms with Crippen molar-refractivity contribution in [3.05, 3.63) is 57.6 Å². The van der Waals surface area contributed by atoms with E-state index in [2.05, 4.69) is 5.32 Å². The summed E-state index contributed by atoms with van der Waals surface area (Å²) >= 11 is 0. The lowest BCUT2D eigenvalue weighted by molar-refractivity contribution is -0.385. The van der Waals surface area contributed by atoms with Gasteiger partial charge in [0.25, 0.3) is 11.6 Å². The standard InChI is InChI=1S/C20H20N2O9/c1-4-30-19(24)12-5-7-13(8-6-12)21-18(23)11-31-20(25)14-9-16(28-2)17(29-3)10-15(14)22(26)27/h5-10H,4,11H2,1-3H3,(H,21,23). The minimum Gasteiger partial charge on any atom is -0.493 e. The Bertz CT molecular complexity index is 987. The monoisotopic (exact) mass is 432 g/mol. The quantitative estimate of drug-likeness (QED) is 0.359. The van der Waals surface area contributed by atoms with Crippen molar-refractivity contribution in [1.29, 1.82) is 0 Å². The second-order valence-corrected chi connectivity index (χ2v) is 5.90. The van der Waals surface area contributed by atoms with Crippen molar-refractivity contribution in [2.24, 2.45) is 0 Å². The van der Waals surface area contributed by atoms with Crippen LogP contribution in [0.2, 0.25) is 0 Å². The maximum Gasteiger partial charge on any atom is 0.345 e. The summed E-state index contributed by atoms with van der Waals surface area (Å²) in [6, 6.07) is 8.02. The molecular weight excluding hydrogens is 412 g/mol. The van der Waals surface area contributed by atoms with Crippen LogP contribution in [0.4, 0.5) is 11.4 Å². The summed E-state index contributed by atoms with van der Waals surface area (Å²) in [4.78, 5) is 46.5. The van der Waals surface area contributed by atoms with Gasteiger partial charge in [0.2, 0.25) is 0 Å². The normalized spacial score (nSPS) is 10.0. The van der Waals surface area contributed by atoms with Crippen LogP contribution in [0.15, 0.2) is 36.4 Å². The Kier molecular flexibility index (Phi) is 7.89. The first kappa shape index (κ1) is 23.1. The molecule has 11 heteroatoms. The maximum absolute atomic E-state index is 12.3. The number of hydrogen-bond acceptors (Lipinski definition) is 9. The SMILES string of the molecule is CCOC(=O)c1ccc(NC(=O)COC(=O)c2cc(OC)c(OC)cc2[N+](=O)[O-])cc1. The van der Waals surface area contributed by atoms with Crippen molar-refractivity contribution < 1.29 is 38.3 Å². The number of anilines is 1. The van der Waals surface area contributed by atoms with Crippen LogP contribution in [0.1, 0.15) is 27.6 Å². The van der Waals surface area contributed by atoms with E-state index in [0.29, 0.717) is 11.3 Å². The van der Waals surface area contributed by atoms with Gasteiger partial charge in [0.05, 0.1) is 37.4 Å². The molecule has 2 aromatic carbocycles. The molecule has 0 heterocycles. The summed E-state index contributed by atoms with van der Waals surface area (Å²) in [7, 11) is 2.60. The molecule has 0 aliphatic carbocycles. The molecule has 0 saturated carbocycles. The van der Waals surface area contributed by atoms with E-state index in [9.17, 15) is 24.5 Å². The third kappa shape index (κ3) is 5.92. The highest BCUT2D eigenvalue weighted by molar-refractivity contribution is 5.98. The van der Waals surface area contributed by atoms with Crippen molar-refractivity contribution in [3.8, 4) is 11.5 Å². The van der Waals surface area contributed by atoms with Gasteiger partial charge in [-0.25, -0.2) is 9.59 Å². The maximum atomic E-state index is 12.3. The highest BCUT2D eigenvalue weighted by atomic mass is 16.6. The van der Waals surface area contributed by atoms with Gasteiger partial charge in [-0.2, -0.15) is 0 Å². The summed E-state index contributed by atoms with van der Waals surface area (Å²) < 4.78 is 19.8. The molecule has 0 unspecified atom stereocenters. The molecule has 2 aromatic rings. The summed E-state index contributed by atoms with van der Waals surface area (Å²) in [5.74, 6) is -2.10. The number of amides is 1. The van der Waals surface area contributed by atoms with Crippen LogP contribution >= 0.6 is 0 Å². The van der Waals surface area contributed by atoms with Crippen molar-refractivity contribution in [2.75, 3.05) is 32.8 Å². The molecule has 0 fully saturated rings. The zero-order valence-electron chi connectivity index (χ0n) is 17.0. The second-order valence-electron chi connectivity index (χ2n) is 5.90. The molecule has 0 radical (unpaired) electrons. The predicted octanol–water partition coefficient (Wildman–Crippen LogP) is 2.58. The minimum absolute atomic E-state index is 0.0646. The molecule has 31 heavy (non-hydrogen) atoms. The minimum atomic E-state index is -1.08. The zero-order valence-corrected chi connectivity index (χ0v) is 17.0. The van der Waals surface area contributed by atoms with Gasteiger partial charge in [-0.15, -0.1) is 0 Å². The molecule has 0 aliphatic rings. The number of carbonyl (C=O) groups is 3. The Hall–Kier alpha value is -4.15. The Morgan fingerprint density at radius 1 is 0.968 bits per heavy atom. The highest BCUT2D eigenvalue weighted by Crippen LogP contribution is 2.34. The van der Waals surface area contributed by atoms with E-state index in [-0.39, 0.29) is 18.1 Å². The lowest BCUT2D eigenvalue weighted by atomic mass is 10.1. The number of benzene rings is 2. The molecule has 0 atom stereocenters. The molecule has 1 N–H and O–H groups in total. The number of rotatable bonds is 9. The van der Waals surface area contributed by atoms with Gasteiger partial charge in [-0.1, -0.05) is 0 Å². The first-order chi connectivity index (χ1) is 14.8. The topological polar surface area (TPSA) is 143 Å². The van der Waals surface area contributed by atoms with Crippen LogP contribution in [0, 0.1) is 10.1 Å². The molecular formula is C20H20N2O9. The van der Waals surface area contributed by atoms with Crippen LogP contribution in [-0.2, 0) is 14.3 Å². The Morgan fingerprint density at radius 2 is 1.58 bits per heavy atom. The summed E-state index contributed by atoms with van der Waals surface area (Å²) in [5, 5.41) is 13.8. The van der Waals surface area contributed by atoms with E-state index in [1.165, 1.54) is 38.5 Å². The molecule has 2 rings (SSSR count). The summed E-state index contributed by atoms with van der Waals surface area (Å²) in [5.41, 5.74) is -0.287. The van der Waals surface area contributed by atoms with Gasteiger partial charge in [-0.3, -0.25) is 14.9 Å². The molecule has 0 spiro atoms. The first-order valence-electron chi connectivity index (χ1n) is 8.95. The molecule has 0 bridgehead atoms. The zero-order chi connectivity index (χ0) is 23.0. The lowest BCUT2D eigenvalue weighted by Crippen LogP contribution is -2.21. The van der Waals surface area contributed by atoms with Gasteiger partial charge in [0, 0.05) is 11.8 Å². The largest absolute Gasteiger partial charge is 0.493 e. The number of carbonyl (C=O) groups excluding carboxylic acids is 3.